The Morgan fingerprint density at radius 2 is 1.67 bits per heavy atom. The van der Waals surface area contributed by atoms with E-state index in [1.54, 1.807) is 0 Å². The lowest BCUT2D eigenvalue weighted by atomic mass is 10.0. The molecule has 18 heavy (non-hydrogen) atoms. The predicted molar refractivity (Wildman–Crippen MR) is 78.8 cm³/mol. The highest BCUT2D eigenvalue weighted by Crippen LogP contribution is 2.20. The number of nitrogens with one attached hydrogen (secondary N) is 1. The highest BCUT2D eigenvalue weighted by molar-refractivity contribution is 5.85. The van der Waals surface area contributed by atoms with Crippen LogP contribution < -0.4 is 5.32 Å². The molecular formula is C12H25Cl2N3O. The maximum absolute atomic E-state index is 11.7. The first-order valence-electron chi connectivity index (χ1n) is 6.47. The fraction of sp³-hybridized carbons (Fsp3) is 0.917. The molecule has 108 valence electrons. The quantitative estimate of drug-likeness (QED) is 0.848. The molecule has 0 aromatic heterocycles. The van der Waals surface area contributed by atoms with E-state index in [4.69, 9.17) is 0 Å². The van der Waals surface area contributed by atoms with E-state index in [2.05, 4.69) is 10.2 Å². The Morgan fingerprint density at radius 3 is 2.17 bits per heavy atom. The van der Waals surface area contributed by atoms with Gasteiger partial charge in [-0.1, -0.05) is 0 Å². The Balaban J connectivity index is 0.00000144. The monoisotopic (exact) mass is 297 g/mol. The first kappa shape index (κ1) is 18.0. The van der Waals surface area contributed by atoms with Gasteiger partial charge in [0.05, 0.1) is 6.54 Å². The Kier molecular flexibility index (Phi) is 8.95. The summed E-state index contributed by atoms with van der Waals surface area (Å²) in [5.74, 6) is 0.252. The molecule has 2 fully saturated rings. The first-order valence-corrected chi connectivity index (χ1v) is 6.47. The van der Waals surface area contributed by atoms with E-state index in [1.165, 1.54) is 25.9 Å². The standard InChI is InChI=1S/C12H23N3O.2ClH/c1-13-10-12(16)15-8-4-11(5-9-15)14-6-2-3-7-14;;/h11,13H,2-10H2,1H3;2*1H. The summed E-state index contributed by atoms with van der Waals surface area (Å²) in [7, 11) is 1.83. The fourth-order valence-corrected chi connectivity index (χ4v) is 2.85. The molecule has 2 aliphatic rings. The molecule has 2 aliphatic heterocycles. The van der Waals surface area contributed by atoms with Crippen molar-refractivity contribution in [3.8, 4) is 0 Å². The largest absolute Gasteiger partial charge is 0.341 e. The van der Waals surface area contributed by atoms with Crippen molar-refractivity contribution >= 4 is 30.7 Å². The van der Waals surface area contributed by atoms with Gasteiger partial charge in [-0.3, -0.25) is 4.79 Å². The number of hydrogen-bond acceptors (Lipinski definition) is 3. The third kappa shape index (κ3) is 4.57. The Morgan fingerprint density at radius 1 is 1.11 bits per heavy atom. The molecule has 0 unspecified atom stereocenters. The number of rotatable bonds is 3. The number of amides is 1. The van der Waals surface area contributed by atoms with E-state index >= 15 is 0 Å². The SMILES string of the molecule is CNCC(=O)N1CCC(N2CCCC2)CC1.Cl.Cl. The van der Waals surface area contributed by atoms with Crippen LogP contribution in [0.3, 0.4) is 0 Å². The van der Waals surface area contributed by atoms with Gasteiger partial charge in [-0.05, 0) is 45.8 Å². The summed E-state index contributed by atoms with van der Waals surface area (Å²) in [6, 6.07) is 0.737. The normalized spacial score (nSPS) is 21.3. The summed E-state index contributed by atoms with van der Waals surface area (Å²) in [5, 5.41) is 2.93. The summed E-state index contributed by atoms with van der Waals surface area (Å²) in [6.45, 7) is 4.92. The van der Waals surface area contributed by atoms with Gasteiger partial charge >= 0.3 is 0 Å². The second-order valence-electron chi connectivity index (χ2n) is 4.89. The fourth-order valence-electron chi connectivity index (χ4n) is 2.85. The molecule has 0 bridgehead atoms. The van der Waals surface area contributed by atoms with Crippen LogP contribution in [0.15, 0.2) is 0 Å². The average Bonchev–Trinajstić information content (AvgIpc) is 2.83. The van der Waals surface area contributed by atoms with Gasteiger partial charge in [0.1, 0.15) is 0 Å². The molecule has 1 N–H and O–H groups in total. The van der Waals surface area contributed by atoms with Crippen LogP contribution in [-0.2, 0) is 4.79 Å². The van der Waals surface area contributed by atoms with Gasteiger partial charge in [0, 0.05) is 19.1 Å². The van der Waals surface area contributed by atoms with Crippen molar-refractivity contribution < 1.29 is 4.79 Å². The molecule has 0 aliphatic carbocycles. The summed E-state index contributed by atoms with van der Waals surface area (Å²) in [5.41, 5.74) is 0. The van der Waals surface area contributed by atoms with Crippen molar-refractivity contribution in [2.45, 2.75) is 31.7 Å². The topological polar surface area (TPSA) is 35.6 Å². The van der Waals surface area contributed by atoms with E-state index < -0.39 is 0 Å². The summed E-state index contributed by atoms with van der Waals surface area (Å²) in [6.07, 6.45) is 5.04. The first-order chi connectivity index (χ1) is 7.81. The third-order valence-electron chi connectivity index (χ3n) is 3.80. The van der Waals surface area contributed by atoms with Gasteiger partial charge in [-0.25, -0.2) is 0 Å². The van der Waals surface area contributed by atoms with Crippen molar-refractivity contribution in [2.75, 3.05) is 39.8 Å². The molecule has 2 heterocycles. The van der Waals surface area contributed by atoms with Crippen LogP contribution in [0.25, 0.3) is 0 Å². The molecule has 0 saturated carbocycles. The zero-order valence-electron chi connectivity index (χ0n) is 11.1. The number of likely N-dealkylation sites (N-methyl/N-ethyl adjacent to an activating group) is 1. The lowest BCUT2D eigenvalue weighted by Crippen LogP contribution is -2.47. The maximum Gasteiger partial charge on any atom is 0.236 e. The van der Waals surface area contributed by atoms with Crippen LogP contribution >= 0.6 is 24.8 Å². The second-order valence-corrected chi connectivity index (χ2v) is 4.89. The molecule has 0 radical (unpaired) electrons. The minimum absolute atomic E-state index is 0. The predicted octanol–water partition coefficient (Wildman–Crippen LogP) is 1.14. The molecule has 1 amide bonds. The lowest BCUT2D eigenvalue weighted by Gasteiger charge is -2.36. The van der Waals surface area contributed by atoms with Gasteiger partial charge in [0.15, 0.2) is 0 Å². The van der Waals surface area contributed by atoms with Gasteiger partial charge in [-0.2, -0.15) is 0 Å². The van der Waals surface area contributed by atoms with Crippen molar-refractivity contribution in [1.29, 1.82) is 0 Å². The highest BCUT2D eigenvalue weighted by atomic mass is 35.5. The summed E-state index contributed by atoms with van der Waals surface area (Å²) in [4.78, 5) is 16.3. The molecule has 0 aromatic rings. The summed E-state index contributed by atoms with van der Waals surface area (Å²) >= 11 is 0. The molecule has 0 atom stereocenters. The number of carbonyl (C=O) groups excluding carboxylic acids is 1. The zero-order valence-corrected chi connectivity index (χ0v) is 12.7. The Hall–Kier alpha value is -0.0300. The van der Waals surface area contributed by atoms with Crippen LogP contribution in [0, 0.1) is 0 Å². The number of carbonyl (C=O) groups is 1. The van der Waals surface area contributed by atoms with E-state index in [0.29, 0.717) is 6.54 Å². The van der Waals surface area contributed by atoms with E-state index in [-0.39, 0.29) is 30.7 Å². The molecule has 0 spiro atoms. The number of likely N-dealkylation sites (tertiary alicyclic amines) is 2. The molecule has 6 heteroatoms. The van der Waals surface area contributed by atoms with Crippen LogP contribution in [0.5, 0.6) is 0 Å². The molecule has 2 rings (SSSR count). The van der Waals surface area contributed by atoms with Crippen LogP contribution in [0.1, 0.15) is 25.7 Å². The van der Waals surface area contributed by atoms with Crippen LogP contribution in [-0.4, -0.2) is 61.5 Å². The minimum Gasteiger partial charge on any atom is -0.341 e. The minimum atomic E-state index is 0. The molecular weight excluding hydrogens is 273 g/mol. The number of hydrogen-bond donors (Lipinski definition) is 1. The zero-order chi connectivity index (χ0) is 11.4. The number of halogens is 2. The molecule has 4 nitrogen and oxygen atoms in total. The van der Waals surface area contributed by atoms with Crippen molar-refractivity contribution in [2.24, 2.45) is 0 Å². The van der Waals surface area contributed by atoms with Gasteiger partial charge in [0.25, 0.3) is 0 Å². The van der Waals surface area contributed by atoms with Crippen LogP contribution in [0.4, 0.5) is 0 Å². The van der Waals surface area contributed by atoms with Crippen LogP contribution in [0.2, 0.25) is 0 Å². The molecule has 2 saturated heterocycles. The maximum atomic E-state index is 11.7. The average molecular weight is 298 g/mol. The third-order valence-corrected chi connectivity index (χ3v) is 3.80. The van der Waals surface area contributed by atoms with Crippen molar-refractivity contribution in [3.63, 3.8) is 0 Å². The number of nitrogens with zero attached hydrogens (tertiary/aromatic N) is 2. The Bertz CT molecular complexity index is 239. The van der Waals surface area contributed by atoms with Crippen molar-refractivity contribution in [1.82, 2.24) is 15.1 Å². The Labute approximate surface area is 122 Å². The van der Waals surface area contributed by atoms with E-state index in [1.807, 2.05) is 11.9 Å². The van der Waals surface area contributed by atoms with Crippen molar-refractivity contribution in [3.05, 3.63) is 0 Å². The second kappa shape index (κ2) is 8.97. The van der Waals surface area contributed by atoms with E-state index in [0.717, 1.165) is 32.0 Å². The van der Waals surface area contributed by atoms with Gasteiger partial charge in [-0.15, -0.1) is 24.8 Å². The smallest absolute Gasteiger partial charge is 0.236 e. The summed E-state index contributed by atoms with van der Waals surface area (Å²) < 4.78 is 0. The van der Waals surface area contributed by atoms with Gasteiger partial charge < -0.3 is 15.1 Å². The highest BCUT2D eigenvalue weighted by Gasteiger charge is 2.27. The number of piperidine rings is 1. The molecule has 0 aromatic carbocycles. The van der Waals surface area contributed by atoms with Gasteiger partial charge in [0.2, 0.25) is 5.91 Å². The van der Waals surface area contributed by atoms with E-state index in [9.17, 15) is 4.79 Å². The lowest BCUT2D eigenvalue weighted by molar-refractivity contribution is -0.131.